The molecule has 0 bridgehead atoms. The Balaban J connectivity index is 2.41. The lowest BCUT2D eigenvalue weighted by Gasteiger charge is -2.05. The molecule has 1 heterocycles. The van der Waals surface area contributed by atoms with Crippen LogP contribution in [0.4, 0.5) is 0 Å². The van der Waals surface area contributed by atoms with Crippen LogP contribution in [-0.2, 0) is 16.7 Å². The Morgan fingerprint density at radius 1 is 1.00 bits per heavy atom. The SMILES string of the molecule is O=S(=O)([O-])[n+]1ccccc1Cc1ccccc1. The molecule has 1 aromatic heterocycles. The molecule has 5 heteroatoms. The lowest BCUT2D eigenvalue weighted by Crippen LogP contribution is -2.45. The minimum atomic E-state index is -4.49. The molecule has 0 saturated carbocycles. The molecule has 0 fully saturated rings. The van der Waals surface area contributed by atoms with E-state index in [0.717, 1.165) is 9.54 Å². The molecule has 0 saturated heterocycles. The lowest BCUT2D eigenvalue weighted by molar-refractivity contribution is -0.528. The molecule has 0 aliphatic rings. The van der Waals surface area contributed by atoms with Crippen molar-refractivity contribution in [2.24, 2.45) is 0 Å². The van der Waals surface area contributed by atoms with Crippen LogP contribution in [0, 0.1) is 0 Å². The molecule has 0 spiro atoms. The van der Waals surface area contributed by atoms with Crippen molar-refractivity contribution in [2.45, 2.75) is 6.42 Å². The van der Waals surface area contributed by atoms with Gasteiger partial charge in [0.2, 0.25) is 5.69 Å². The fourth-order valence-electron chi connectivity index (χ4n) is 1.62. The van der Waals surface area contributed by atoms with E-state index in [1.165, 1.54) is 12.3 Å². The average Bonchev–Trinajstić information content (AvgIpc) is 2.30. The standard InChI is InChI=1S/C12H11NO3S/c14-17(15,16)13-9-5-4-8-12(13)10-11-6-2-1-3-7-11/h1-9H,10H2. The minimum Gasteiger partial charge on any atom is -0.693 e. The van der Waals surface area contributed by atoms with Gasteiger partial charge in [-0.15, -0.1) is 0 Å². The van der Waals surface area contributed by atoms with Gasteiger partial charge in [0.15, 0.2) is 6.20 Å². The summed E-state index contributed by atoms with van der Waals surface area (Å²) >= 11 is 0. The summed E-state index contributed by atoms with van der Waals surface area (Å²) in [4.78, 5) is 0. The molecule has 1 aromatic carbocycles. The van der Waals surface area contributed by atoms with E-state index in [1.54, 1.807) is 12.1 Å². The van der Waals surface area contributed by atoms with Crippen LogP contribution in [0.1, 0.15) is 11.3 Å². The predicted molar refractivity (Wildman–Crippen MR) is 61.0 cm³/mol. The summed E-state index contributed by atoms with van der Waals surface area (Å²) < 4.78 is 33.9. The van der Waals surface area contributed by atoms with Gasteiger partial charge in [0.1, 0.15) is 0 Å². The fourth-order valence-corrected chi connectivity index (χ4v) is 2.26. The molecular weight excluding hydrogens is 238 g/mol. The van der Waals surface area contributed by atoms with Crippen LogP contribution in [0.25, 0.3) is 0 Å². The van der Waals surface area contributed by atoms with E-state index >= 15 is 0 Å². The van der Waals surface area contributed by atoms with Crippen LogP contribution in [0.15, 0.2) is 54.7 Å². The van der Waals surface area contributed by atoms with Gasteiger partial charge in [0, 0.05) is 12.1 Å². The maximum atomic E-state index is 11.1. The van der Waals surface area contributed by atoms with E-state index < -0.39 is 10.3 Å². The zero-order valence-corrected chi connectivity index (χ0v) is 9.80. The smallest absolute Gasteiger partial charge is 0.330 e. The second-order valence-corrected chi connectivity index (χ2v) is 4.86. The largest absolute Gasteiger partial charge is 0.693 e. The van der Waals surface area contributed by atoms with Crippen molar-refractivity contribution in [3.8, 4) is 0 Å². The summed E-state index contributed by atoms with van der Waals surface area (Å²) in [6, 6.07) is 14.2. The van der Waals surface area contributed by atoms with Crippen molar-refractivity contribution in [3.63, 3.8) is 0 Å². The van der Waals surface area contributed by atoms with Gasteiger partial charge >= 0.3 is 10.3 Å². The summed E-state index contributed by atoms with van der Waals surface area (Å²) in [5.41, 5.74) is 1.41. The molecule has 2 aromatic rings. The summed E-state index contributed by atoms with van der Waals surface area (Å²) in [7, 11) is -4.49. The average molecular weight is 249 g/mol. The van der Waals surface area contributed by atoms with Crippen molar-refractivity contribution in [2.75, 3.05) is 0 Å². The predicted octanol–water partition coefficient (Wildman–Crippen LogP) is 0.873. The Kier molecular flexibility index (Phi) is 3.21. The maximum absolute atomic E-state index is 11.1. The third-order valence-electron chi connectivity index (χ3n) is 2.37. The molecule has 0 atom stereocenters. The van der Waals surface area contributed by atoms with Crippen LogP contribution in [-0.4, -0.2) is 13.0 Å². The van der Waals surface area contributed by atoms with Crippen molar-refractivity contribution in [3.05, 3.63) is 66.0 Å². The number of nitrogens with zero attached hydrogens (tertiary/aromatic N) is 1. The van der Waals surface area contributed by atoms with Crippen molar-refractivity contribution in [1.29, 1.82) is 0 Å². The number of rotatable bonds is 3. The van der Waals surface area contributed by atoms with E-state index in [0.29, 0.717) is 12.1 Å². The lowest BCUT2D eigenvalue weighted by atomic mass is 10.1. The Hall–Kier alpha value is -1.72. The molecule has 17 heavy (non-hydrogen) atoms. The van der Waals surface area contributed by atoms with E-state index in [4.69, 9.17) is 0 Å². The highest BCUT2D eigenvalue weighted by atomic mass is 32.2. The third kappa shape index (κ3) is 2.89. The van der Waals surface area contributed by atoms with Gasteiger partial charge in [0.05, 0.1) is 6.42 Å². The Labute approximate surface area is 100 Å². The van der Waals surface area contributed by atoms with Gasteiger partial charge in [-0.05, 0) is 5.56 Å². The van der Waals surface area contributed by atoms with Gasteiger partial charge in [-0.2, -0.15) is 8.42 Å². The molecule has 4 nitrogen and oxygen atoms in total. The highest BCUT2D eigenvalue weighted by molar-refractivity contribution is 7.78. The number of aromatic nitrogens is 1. The first-order valence-electron chi connectivity index (χ1n) is 5.07. The quantitative estimate of drug-likeness (QED) is 0.599. The monoisotopic (exact) mass is 249 g/mol. The minimum absolute atomic E-state index is 0.406. The number of pyridine rings is 1. The van der Waals surface area contributed by atoms with Gasteiger partial charge in [-0.3, -0.25) is 0 Å². The van der Waals surface area contributed by atoms with Crippen molar-refractivity contribution in [1.82, 2.24) is 0 Å². The Morgan fingerprint density at radius 3 is 2.29 bits per heavy atom. The number of hydrogen-bond donors (Lipinski definition) is 0. The van der Waals surface area contributed by atoms with Crippen LogP contribution >= 0.6 is 0 Å². The number of benzene rings is 1. The van der Waals surface area contributed by atoms with Crippen molar-refractivity contribution < 1.29 is 16.9 Å². The van der Waals surface area contributed by atoms with E-state index in [-0.39, 0.29) is 0 Å². The second kappa shape index (κ2) is 4.65. The highest BCUT2D eigenvalue weighted by Crippen LogP contribution is 2.05. The molecule has 0 N–H and O–H groups in total. The van der Waals surface area contributed by atoms with Gasteiger partial charge in [-0.25, -0.2) is 0 Å². The van der Waals surface area contributed by atoms with Crippen LogP contribution in [0.2, 0.25) is 0 Å². The zero-order chi connectivity index (χ0) is 12.3. The first-order valence-corrected chi connectivity index (χ1v) is 6.44. The molecule has 0 radical (unpaired) electrons. The zero-order valence-electron chi connectivity index (χ0n) is 8.98. The first-order chi connectivity index (χ1) is 8.07. The van der Waals surface area contributed by atoms with Gasteiger partial charge in [-0.1, -0.05) is 40.4 Å². The molecule has 88 valence electrons. The summed E-state index contributed by atoms with van der Waals surface area (Å²) in [6.45, 7) is 0. The number of hydrogen-bond acceptors (Lipinski definition) is 3. The van der Waals surface area contributed by atoms with Gasteiger partial charge < -0.3 is 4.55 Å². The normalized spacial score (nSPS) is 11.4. The van der Waals surface area contributed by atoms with Crippen molar-refractivity contribution >= 4 is 10.3 Å². The van der Waals surface area contributed by atoms with E-state index in [9.17, 15) is 13.0 Å². The summed E-state index contributed by atoms with van der Waals surface area (Å²) in [5.74, 6) is 0. The fraction of sp³-hybridized carbons (Fsp3) is 0.0833. The van der Waals surface area contributed by atoms with Gasteiger partial charge in [0.25, 0.3) is 0 Å². The second-order valence-electron chi connectivity index (χ2n) is 3.61. The molecule has 0 aliphatic carbocycles. The Morgan fingerprint density at radius 2 is 1.65 bits per heavy atom. The van der Waals surface area contributed by atoms with Crippen LogP contribution < -0.4 is 3.97 Å². The van der Waals surface area contributed by atoms with E-state index in [2.05, 4.69) is 0 Å². The molecule has 2 rings (SSSR count). The molecular formula is C12H11NO3S. The molecule has 0 unspecified atom stereocenters. The first kappa shape index (κ1) is 11.8. The van der Waals surface area contributed by atoms with E-state index in [1.807, 2.05) is 30.3 Å². The van der Waals surface area contributed by atoms with Crippen LogP contribution in [0.5, 0.6) is 0 Å². The van der Waals surface area contributed by atoms with Crippen LogP contribution in [0.3, 0.4) is 0 Å². The summed E-state index contributed by atoms with van der Waals surface area (Å²) in [6.07, 6.45) is 1.67. The molecule has 0 aliphatic heterocycles. The highest BCUT2D eigenvalue weighted by Gasteiger charge is 2.15. The third-order valence-corrected chi connectivity index (χ3v) is 3.21. The topological polar surface area (TPSA) is 61.1 Å². The Bertz CT molecular complexity index is 609. The molecule has 0 amide bonds. The maximum Gasteiger partial charge on any atom is 0.330 e. The summed E-state index contributed by atoms with van der Waals surface area (Å²) in [5, 5.41) is 0.